The van der Waals surface area contributed by atoms with Crippen molar-refractivity contribution in [3.05, 3.63) is 35.5 Å². The molecule has 1 aromatic carbocycles. The number of carbonyl (C=O) groups is 1. The van der Waals surface area contributed by atoms with Crippen LogP contribution in [0.15, 0.2) is 34.4 Å². The molecule has 8 nitrogen and oxygen atoms in total. The molecule has 1 amide bonds. The first kappa shape index (κ1) is 17.3. The minimum atomic E-state index is -3.98. The van der Waals surface area contributed by atoms with E-state index in [0.29, 0.717) is 23.6 Å². The van der Waals surface area contributed by atoms with E-state index in [-0.39, 0.29) is 18.2 Å². The second kappa shape index (κ2) is 6.75. The van der Waals surface area contributed by atoms with Gasteiger partial charge in [-0.05, 0) is 30.7 Å². The molecule has 3 rings (SSSR count). The van der Waals surface area contributed by atoms with Gasteiger partial charge in [-0.1, -0.05) is 13.3 Å². The molecule has 25 heavy (non-hydrogen) atoms. The summed E-state index contributed by atoms with van der Waals surface area (Å²) >= 11 is 0. The van der Waals surface area contributed by atoms with E-state index in [1.54, 1.807) is 18.2 Å². The fraction of sp³-hybridized carbons (Fsp3) is 0.375. The van der Waals surface area contributed by atoms with Crippen LogP contribution in [0.1, 0.15) is 25.3 Å². The first-order valence-corrected chi connectivity index (χ1v) is 9.31. The van der Waals surface area contributed by atoms with Gasteiger partial charge in [0.2, 0.25) is 6.79 Å². The molecule has 0 saturated carbocycles. The van der Waals surface area contributed by atoms with Gasteiger partial charge in [-0.25, -0.2) is 4.31 Å². The number of likely N-dealkylation sites (N-methyl/N-ethyl adjacent to an activating group) is 1. The normalized spacial score (nSPS) is 17.8. The Morgan fingerprint density at radius 3 is 2.84 bits per heavy atom. The van der Waals surface area contributed by atoms with Crippen LogP contribution in [0.3, 0.4) is 0 Å². The largest absolute Gasteiger partial charge is 0.454 e. The second-order valence-electron chi connectivity index (χ2n) is 5.63. The molecule has 2 heterocycles. The van der Waals surface area contributed by atoms with Gasteiger partial charge in [0.1, 0.15) is 5.70 Å². The Morgan fingerprint density at radius 1 is 1.32 bits per heavy atom. The molecule has 0 atom stereocenters. The highest BCUT2D eigenvalue weighted by Crippen LogP contribution is 2.33. The smallest absolute Gasteiger partial charge is 0.345 e. The van der Waals surface area contributed by atoms with Crippen LogP contribution >= 0.6 is 0 Å². The van der Waals surface area contributed by atoms with E-state index in [4.69, 9.17) is 9.47 Å². The number of hydrogen-bond acceptors (Lipinski definition) is 5. The highest BCUT2D eigenvalue weighted by Gasteiger charge is 2.30. The number of fused-ring (bicyclic) bond motifs is 1. The summed E-state index contributed by atoms with van der Waals surface area (Å²) in [4.78, 5) is 12.4. The van der Waals surface area contributed by atoms with E-state index in [2.05, 4.69) is 9.71 Å². The monoisotopic (exact) mass is 365 g/mol. The number of unbranched alkanes of at least 4 members (excludes halogenated alkanes) is 1. The summed E-state index contributed by atoms with van der Waals surface area (Å²) in [6.07, 6.45) is 3.20. The van der Waals surface area contributed by atoms with Gasteiger partial charge in [0.15, 0.2) is 11.5 Å². The molecule has 0 unspecified atom stereocenters. The maximum Gasteiger partial charge on any atom is 0.345 e. The molecule has 9 heteroatoms. The van der Waals surface area contributed by atoms with Crippen molar-refractivity contribution >= 4 is 21.8 Å². The lowest BCUT2D eigenvalue weighted by atomic mass is 10.1. The number of nitrogens with one attached hydrogen (secondary N) is 1. The molecule has 0 aromatic heterocycles. The van der Waals surface area contributed by atoms with Crippen molar-refractivity contribution in [1.82, 2.24) is 9.62 Å². The van der Waals surface area contributed by atoms with Crippen LogP contribution in [0.25, 0.3) is 0 Å². The molecule has 1 aromatic rings. The SMILES string of the molecule is CCCCNC(=O)C1=CC(c2ccc3c(c2)OCO3)=NS(=O)(=O)N1C. The molecular weight excluding hydrogens is 346 g/mol. The van der Waals surface area contributed by atoms with Gasteiger partial charge in [0.05, 0.1) is 5.71 Å². The molecule has 2 aliphatic rings. The number of carbonyl (C=O) groups excluding carboxylic acids is 1. The Kier molecular flexibility index (Phi) is 4.67. The standard InChI is InChI=1S/C16H19N3O5S/c1-3-4-7-17-16(20)13-9-12(18-25(21,22)19(13)2)11-5-6-14-15(8-11)24-10-23-14/h5-6,8-9H,3-4,7,10H2,1-2H3,(H,17,20). The summed E-state index contributed by atoms with van der Waals surface area (Å²) in [5, 5.41) is 2.72. The van der Waals surface area contributed by atoms with Crippen molar-refractivity contribution in [2.75, 3.05) is 20.4 Å². The zero-order valence-corrected chi connectivity index (χ0v) is 14.8. The first-order valence-electron chi connectivity index (χ1n) is 7.91. The summed E-state index contributed by atoms with van der Waals surface area (Å²) in [6.45, 7) is 2.61. The number of benzene rings is 1. The summed E-state index contributed by atoms with van der Waals surface area (Å²) in [7, 11) is -2.67. The van der Waals surface area contributed by atoms with Crippen LogP contribution in [0.2, 0.25) is 0 Å². The molecule has 0 fully saturated rings. The molecule has 2 aliphatic heterocycles. The van der Waals surface area contributed by atoms with Crippen molar-refractivity contribution < 1.29 is 22.7 Å². The van der Waals surface area contributed by atoms with Crippen molar-refractivity contribution in [2.24, 2.45) is 4.40 Å². The van der Waals surface area contributed by atoms with E-state index in [0.717, 1.165) is 17.1 Å². The summed E-state index contributed by atoms with van der Waals surface area (Å²) in [5.41, 5.74) is 0.732. The Labute approximate surface area is 146 Å². The van der Waals surface area contributed by atoms with E-state index >= 15 is 0 Å². The maximum atomic E-state index is 12.4. The molecule has 0 spiro atoms. The van der Waals surface area contributed by atoms with Crippen LogP contribution in [-0.4, -0.2) is 44.7 Å². The average molecular weight is 365 g/mol. The Hall–Kier alpha value is -2.55. The molecule has 134 valence electrons. The number of amides is 1. The van der Waals surface area contributed by atoms with Crippen LogP contribution < -0.4 is 14.8 Å². The van der Waals surface area contributed by atoms with Gasteiger partial charge in [0, 0.05) is 19.2 Å². The van der Waals surface area contributed by atoms with Crippen LogP contribution in [0.5, 0.6) is 11.5 Å². The van der Waals surface area contributed by atoms with Crippen molar-refractivity contribution in [1.29, 1.82) is 0 Å². The van der Waals surface area contributed by atoms with Gasteiger partial charge in [0.25, 0.3) is 5.91 Å². The molecule has 0 saturated heterocycles. The van der Waals surface area contributed by atoms with Gasteiger partial charge < -0.3 is 14.8 Å². The zero-order chi connectivity index (χ0) is 18.0. The third-order valence-corrected chi connectivity index (χ3v) is 5.21. The average Bonchev–Trinajstić information content (AvgIpc) is 3.04. The van der Waals surface area contributed by atoms with Gasteiger partial charge >= 0.3 is 10.2 Å². The Morgan fingerprint density at radius 2 is 2.08 bits per heavy atom. The number of ether oxygens (including phenoxy) is 2. The Bertz CT molecular complexity index is 861. The van der Waals surface area contributed by atoms with Crippen LogP contribution in [-0.2, 0) is 15.0 Å². The molecule has 0 radical (unpaired) electrons. The predicted molar refractivity (Wildman–Crippen MR) is 91.8 cm³/mol. The number of rotatable bonds is 5. The molecule has 0 bridgehead atoms. The lowest BCUT2D eigenvalue weighted by Crippen LogP contribution is -2.38. The fourth-order valence-electron chi connectivity index (χ4n) is 2.43. The topological polar surface area (TPSA) is 97.3 Å². The number of hydrogen-bond donors (Lipinski definition) is 1. The lowest BCUT2D eigenvalue weighted by Gasteiger charge is -2.23. The maximum absolute atomic E-state index is 12.4. The highest BCUT2D eigenvalue weighted by atomic mass is 32.2. The van der Waals surface area contributed by atoms with E-state index in [1.807, 2.05) is 6.92 Å². The summed E-state index contributed by atoms with van der Waals surface area (Å²) < 4.78 is 39.8. The van der Waals surface area contributed by atoms with Gasteiger partial charge in [-0.2, -0.15) is 8.42 Å². The number of allylic oxidation sites excluding steroid dienone is 1. The minimum absolute atomic E-state index is 0.0266. The van der Waals surface area contributed by atoms with E-state index in [1.165, 1.54) is 13.1 Å². The lowest BCUT2D eigenvalue weighted by molar-refractivity contribution is -0.118. The molecule has 1 N–H and O–H groups in total. The zero-order valence-electron chi connectivity index (χ0n) is 14.0. The Balaban J connectivity index is 1.94. The number of nitrogens with zero attached hydrogens (tertiary/aromatic N) is 2. The molecule has 0 aliphatic carbocycles. The fourth-order valence-corrected chi connectivity index (χ4v) is 3.34. The minimum Gasteiger partial charge on any atom is -0.454 e. The third kappa shape index (κ3) is 3.46. The highest BCUT2D eigenvalue weighted by molar-refractivity contribution is 7.88. The van der Waals surface area contributed by atoms with Crippen molar-refractivity contribution in [3.8, 4) is 11.5 Å². The second-order valence-corrected chi connectivity index (χ2v) is 7.25. The molecular formula is C16H19N3O5S. The van der Waals surface area contributed by atoms with Crippen LogP contribution in [0.4, 0.5) is 0 Å². The quantitative estimate of drug-likeness (QED) is 0.791. The van der Waals surface area contributed by atoms with Gasteiger partial charge in [-0.3, -0.25) is 4.79 Å². The predicted octanol–water partition coefficient (Wildman–Crippen LogP) is 1.19. The summed E-state index contributed by atoms with van der Waals surface area (Å²) in [6, 6.07) is 5.00. The van der Waals surface area contributed by atoms with Crippen LogP contribution in [0, 0.1) is 0 Å². The van der Waals surface area contributed by atoms with E-state index in [9.17, 15) is 13.2 Å². The van der Waals surface area contributed by atoms with Crippen molar-refractivity contribution in [3.63, 3.8) is 0 Å². The van der Waals surface area contributed by atoms with Crippen molar-refractivity contribution in [2.45, 2.75) is 19.8 Å². The summed E-state index contributed by atoms with van der Waals surface area (Å²) in [5.74, 6) is 0.646. The first-order chi connectivity index (χ1) is 11.9. The third-order valence-electron chi connectivity index (χ3n) is 3.89. The van der Waals surface area contributed by atoms with E-state index < -0.39 is 16.1 Å². The van der Waals surface area contributed by atoms with Gasteiger partial charge in [-0.15, -0.1) is 4.40 Å².